The minimum absolute atomic E-state index is 0.00612. The summed E-state index contributed by atoms with van der Waals surface area (Å²) in [5, 5.41) is 11.4. The molecule has 0 saturated carbocycles. The number of morpholine rings is 1. The topological polar surface area (TPSA) is 65.4 Å². The highest BCUT2D eigenvalue weighted by molar-refractivity contribution is 5.94. The van der Waals surface area contributed by atoms with Gasteiger partial charge in [0.1, 0.15) is 5.69 Å². The lowest BCUT2D eigenvalue weighted by atomic mass is 10.1. The Bertz CT molecular complexity index is 876. The van der Waals surface area contributed by atoms with Gasteiger partial charge >= 0.3 is 0 Å². The number of benzene rings is 2. The summed E-state index contributed by atoms with van der Waals surface area (Å²) in [4.78, 5) is 14.4. The van der Waals surface area contributed by atoms with Crippen LogP contribution in [0.25, 0.3) is 0 Å². The molecule has 146 valence electrons. The number of ether oxygens (including phenoxy) is 1. The third-order valence-corrected chi connectivity index (χ3v) is 4.55. The molecule has 5 nitrogen and oxygen atoms in total. The number of nitrogens with one attached hydrogen (secondary N) is 1. The molecule has 1 aliphatic rings. The van der Waals surface area contributed by atoms with Crippen molar-refractivity contribution in [3.63, 3.8) is 0 Å². The van der Waals surface area contributed by atoms with Crippen molar-refractivity contribution in [1.29, 1.82) is 5.26 Å². The summed E-state index contributed by atoms with van der Waals surface area (Å²) in [5.41, 5.74) is 0.967. The Labute approximate surface area is 162 Å². The maximum absolute atomic E-state index is 13.9. The lowest BCUT2D eigenvalue weighted by Crippen LogP contribution is -2.48. The molecule has 2 atom stereocenters. The Hall–Kier alpha value is -2.98. The zero-order valence-electron chi connectivity index (χ0n) is 15.7. The van der Waals surface area contributed by atoms with Gasteiger partial charge in [0.25, 0.3) is 5.91 Å². The number of carbonyl (C=O) groups excluding carboxylic acids is 1. The summed E-state index contributed by atoms with van der Waals surface area (Å²) in [6, 6.07) is 10.6. The molecule has 1 amide bonds. The fraction of sp³-hybridized carbons (Fsp3) is 0.333. The Morgan fingerprint density at radius 3 is 2.29 bits per heavy atom. The van der Waals surface area contributed by atoms with Crippen molar-refractivity contribution in [2.24, 2.45) is 0 Å². The van der Waals surface area contributed by atoms with Gasteiger partial charge in [-0.15, -0.1) is 0 Å². The Morgan fingerprint density at radius 2 is 1.75 bits per heavy atom. The first-order valence-electron chi connectivity index (χ1n) is 9.04. The third-order valence-electron chi connectivity index (χ3n) is 4.55. The molecule has 2 aromatic rings. The van der Waals surface area contributed by atoms with Crippen LogP contribution < -0.4 is 5.32 Å². The van der Waals surface area contributed by atoms with Crippen LogP contribution in [0.3, 0.4) is 0 Å². The van der Waals surface area contributed by atoms with Gasteiger partial charge in [-0.1, -0.05) is 12.1 Å². The van der Waals surface area contributed by atoms with Crippen molar-refractivity contribution in [3.05, 3.63) is 64.7 Å². The fourth-order valence-electron chi connectivity index (χ4n) is 3.29. The first-order chi connectivity index (χ1) is 13.4. The highest BCUT2D eigenvalue weighted by Crippen LogP contribution is 2.21. The van der Waals surface area contributed by atoms with E-state index in [4.69, 9.17) is 10.00 Å². The van der Waals surface area contributed by atoms with E-state index in [1.165, 1.54) is 0 Å². The fourth-order valence-corrected chi connectivity index (χ4v) is 3.29. The lowest BCUT2D eigenvalue weighted by molar-refractivity contribution is -0.0586. The molecular weight excluding hydrogens is 364 g/mol. The predicted octanol–water partition coefficient (Wildman–Crippen LogP) is 3.70. The molecule has 1 aliphatic heterocycles. The summed E-state index contributed by atoms with van der Waals surface area (Å²) in [7, 11) is 0. The van der Waals surface area contributed by atoms with Crippen LogP contribution >= 0.6 is 0 Å². The molecule has 0 aliphatic carbocycles. The number of amides is 1. The van der Waals surface area contributed by atoms with E-state index in [9.17, 15) is 13.6 Å². The number of hydrogen-bond donors (Lipinski definition) is 1. The lowest BCUT2D eigenvalue weighted by Gasteiger charge is -2.35. The van der Waals surface area contributed by atoms with Gasteiger partial charge in [0.2, 0.25) is 0 Å². The van der Waals surface area contributed by atoms with Gasteiger partial charge in [0.15, 0.2) is 11.6 Å². The molecule has 0 unspecified atom stereocenters. The van der Waals surface area contributed by atoms with E-state index in [-0.39, 0.29) is 35.9 Å². The molecule has 1 heterocycles. The predicted molar refractivity (Wildman–Crippen MR) is 101 cm³/mol. The number of anilines is 1. The Morgan fingerprint density at radius 1 is 1.18 bits per heavy atom. The Balaban J connectivity index is 1.65. The molecule has 7 heteroatoms. The summed E-state index contributed by atoms with van der Waals surface area (Å²) >= 11 is 0. The van der Waals surface area contributed by atoms with Gasteiger partial charge in [-0.2, -0.15) is 5.26 Å². The van der Waals surface area contributed by atoms with Gasteiger partial charge in [-0.25, -0.2) is 8.78 Å². The van der Waals surface area contributed by atoms with Crippen LogP contribution in [0.4, 0.5) is 14.5 Å². The number of carbonyl (C=O) groups is 1. The molecule has 1 saturated heterocycles. The summed E-state index contributed by atoms with van der Waals surface area (Å²) < 4.78 is 33.5. The van der Waals surface area contributed by atoms with E-state index in [2.05, 4.69) is 5.32 Å². The van der Waals surface area contributed by atoms with Gasteiger partial charge in [-0.05, 0) is 43.7 Å². The average Bonchev–Trinajstić information content (AvgIpc) is 2.66. The molecule has 0 spiro atoms. The maximum atomic E-state index is 13.9. The summed E-state index contributed by atoms with van der Waals surface area (Å²) in [5.74, 6) is -1.71. The largest absolute Gasteiger partial charge is 0.376 e. The summed E-state index contributed by atoms with van der Waals surface area (Å²) in [6.45, 7) is 5.14. The highest BCUT2D eigenvalue weighted by atomic mass is 19.1. The molecule has 28 heavy (non-hydrogen) atoms. The van der Waals surface area contributed by atoms with Crippen molar-refractivity contribution in [2.75, 3.05) is 18.4 Å². The van der Waals surface area contributed by atoms with Gasteiger partial charge in [0, 0.05) is 25.2 Å². The highest BCUT2D eigenvalue weighted by Gasteiger charge is 2.26. The van der Waals surface area contributed by atoms with Crippen molar-refractivity contribution in [3.8, 4) is 6.07 Å². The monoisotopic (exact) mass is 385 g/mol. The van der Waals surface area contributed by atoms with E-state index in [1.54, 1.807) is 35.2 Å². The van der Waals surface area contributed by atoms with Crippen LogP contribution in [0.15, 0.2) is 36.4 Å². The molecule has 0 aromatic heterocycles. The zero-order valence-corrected chi connectivity index (χ0v) is 15.7. The molecule has 1 fully saturated rings. The van der Waals surface area contributed by atoms with Crippen LogP contribution in [0.1, 0.15) is 35.3 Å². The van der Waals surface area contributed by atoms with E-state index in [0.717, 1.165) is 17.7 Å². The second kappa shape index (κ2) is 8.36. The molecule has 2 aromatic carbocycles. The molecule has 0 bridgehead atoms. The van der Waals surface area contributed by atoms with Gasteiger partial charge in [0.05, 0.1) is 23.8 Å². The van der Waals surface area contributed by atoms with E-state index in [0.29, 0.717) is 18.7 Å². The molecule has 3 rings (SSSR count). The number of rotatable bonds is 4. The van der Waals surface area contributed by atoms with E-state index in [1.807, 2.05) is 13.8 Å². The second-order valence-corrected chi connectivity index (χ2v) is 6.94. The van der Waals surface area contributed by atoms with Crippen molar-refractivity contribution in [1.82, 2.24) is 4.90 Å². The number of halogens is 2. The van der Waals surface area contributed by atoms with Gasteiger partial charge < -0.3 is 15.0 Å². The van der Waals surface area contributed by atoms with Crippen molar-refractivity contribution in [2.45, 2.75) is 32.6 Å². The smallest absolute Gasteiger partial charge is 0.254 e. The zero-order chi connectivity index (χ0) is 20.3. The first-order valence-corrected chi connectivity index (χ1v) is 9.04. The Kier molecular flexibility index (Phi) is 5.90. The van der Waals surface area contributed by atoms with E-state index < -0.39 is 11.6 Å². The number of hydrogen-bond acceptors (Lipinski definition) is 4. The number of nitriles is 1. The van der Waals surface area contributed by atoms with Gasteiger partial charge in [-0.3, -0.25) is 4.79 Å². The van der Waals surface area contributed by atoms with E-state index >= 15 is 0 Å². The number of nitrogens with zero attached hydrogens (tertiary/aromatic N) is 2. The second-order valence-electron chi connectivity index (χ2n) is 6.94. The maximum Gasteiger partial charge on any atom is 0.254 e. The molecule has 1 N–H and O–H groups in total. The minimum atomic E-state index is -0.820. The third kappa shape index (κ3) is 4.46. The van der Waals surface area contributed by atoms with Crippen LogP contribution in [0, 0.1) is 23.0 Å². The van der Waals surface area contributed by atoms with Crippen LogP contribution in [-0.2, 0) is 11.3 Å². The molecule has 0 radical (unpaired) electrons. The quantitative estimate of drug-likeness (QED) is 0.872. The van der Waals surface area contributed by atoms with Crippen LogP contribution in [0.5, 0.6) is 0 Å². The van der Waals surface area contributed by atoms with Crippen molar-refractivity contribution >= 4 is 11.6 Å². The first kappa shape index (κ1) is 19.8. The summed E-state index contributed by atoms with van der Waals surface area (Å²) in [6.07, 6.45) is -0.0122. The van der Waals surface area contributed by atoms with Crippen LogP contribution in [-0.4, -0.2) is 36.1 Å². The SMILES string of the molecule is C[C@@H]1CN(C(=O)c2ccc(CNc3c(F)cc(C#N)cc3F)cc2)C[C@@H](C)O1. The standard InChI is InChI=1S/C21H21F2N3O2/c1-13-11-26(12-14(2)28-13)21(27)17-5-3-15(4-6-17)10-25-20-18(22)7-16(9-24)8-19(20)23/h3-8,13-14,25H,10-12H2,1-2H3/t13-,14-/m1/s1. The van der Waals surface area contributed by atoms with Crippen LogP contribution in [0.2, 0.25) is 0 Å². The minimum Gasteiger partial charge on any atom is -0.376 e. The molecular formula is C21H21F2N3O2. The van der Waals surface area contributed by atoms with Crippen molar-refractivity contribution < 1.29 is 18.3 Å². The average molecular weight is 385 g/mol. The normalized spacial score (nSPS) is 19.2.